The quantitative estimate of drug-likeness (QED) is 0.905. The lowest BCUT2D eigenvalue weighted by Gasteiger charge is -2.07. The number of aryl methyl sites for hydroxylation is 1. The fraction of sp³-hybridized carbons (Fsp3) is 0.235. The minimum Gasteiger partial charge on any atom is -0.322 e. The number of anilines is 1. The van der Waals surface area contributed by atoms with Crippen LogP contribution in [0.25, 0.3) is 0 Å². The largest absolute Gasteiger partial charge is 0.322 e. The number of benzene rings is 2. The van der Waals surface area contributed by atoms with Gasteiger partial charge >= 0.3 is 0 Å². The first-order valence-electron chi connectivity index (χ1n) is 6.80. The second-order valence-electron chi connectivity index (χ2n) is 5.48. The zero-order chi connectivity index (χ0) is 14.1. The third-order valence-electron chi connectivity index (χ3n) is 3.66. The molecule has 1 heterocycles. The van der Waals surface area contributed by atoms with Crippen LogP contribution in [0.4, 0.5) is 5.69 Å². The number of hydrogen-bond acceptors (Lipinski definition) is 2. The highest BCUT2D eigenvalue weighted by Crippen LogP contribution is 2.22. The van der Waals surface area contributed by atoms with E-state index in [1.165, 1.54) is 16.7 Å². The molecule has 0 saturated heterocycles. The van der Waals surface area contributed by atoms with Gasteiger partial charge in [-0.25, -0.2) is 0 Å². The van der Waals surface area contributed by atoms with Gasteiger partial charge in [-0.15, -0.1) is 0 Å². The molecule has 20 heavy (non-hydrogen) atoms. The van der Waals surface area contributed by atoms with E-state index in [-0.39, 0.29) is 5.91 Å². The molecule has 1 aliphatic rings. The third-order valence-corrected chi connectivity index (χ3v) is 3.66. The molecule has 2 aromatic carbocycles. The molecular weight excluding hydrogens is 248 g/mol. The summed E-state index contributed by atoms with van der Waals surface area (Å²) < 4.78 is 0. The Morgan fingerprint density at radius 3 is 2.50 bits per heavy atom. The molecule has 102 valence electrons. The maximum absolute atomic E-state index is 12.3. The van der Waals surface area contributed by atoms with Crippen molar-refractivity contribution in [2.45, 2.75) is 20.0 Å². The van der Waals surface area contributed by atoms with Crippen molar-refractivity contribution >= 4 is 11.6 Å². The first-order valence-corrected chi connectivity index (χ1v) is 6.80. The van der Waals surface area contributed by atoms with E-state index in [9.17, 15) is 4.79 Å². The Morgan fingerprint density at radius 1 is 1.05 bits per heavy atom. The van der Waals surface area contributed by atoms with Crippen molar-refractivity contribution in [2.75, 3.05) is 12.4 Å². The van der Waals surface area contributed by atoms with Crippen molar-refractivity contribution in [3.63, 3.8) is 0 Å². The van der Waals surface area contributed by atoms with Gasteiger partial charge in [0.25, 0.3) is 5.91 Å². The van der Waals surface area contributed by atoms with Crippen LogP contribution in [0.15, 0.2) is 42.5 Å². The van der Waals surface area contributed by atoms with Crippen LogP contribution in [0, 0.1) is 6.92 Å². The summed E-state index contributed by atoms with van der Waals surface area (Å²) in [6.45, 7) is 3.92. The van der Waals surface area contributed by atoms with Gasteiger partial charge in [0.15, 0.2) is 0 Å². The lowest BCUT2D eigenvalue weighted by Crippen LogP contribution is -2.12. The van der Waals surface area contributed by atoms with E-state index < -0.39 is 0 Å². The molecule has 2 aromatic rings. The maximum Gasteiger partial charge on any atom is 0.255 e. The van der Waals surface area contributed by atoms with Crippen LogP contribution in [0.3, 0.4) is 0 Å². The smallest absolute Gasteiger partial charge is 0.255 e. The van der Waals surface area contributed by atoms with Crippen LogP contribution >= 0.6 is 0 Å². The van der Waals surface area contributed by atoms with Crippen molar-refractivity contribution in [1.29, 1.82) is 0 Å². The molecule has 3 heteroatoms. The van der Waals surface area contributed by atoms with Gasteiger partial charge in [0.1, 0.15) is 0 Å². The molecule has 0 aliphatic carbocycles. The first-order chi connectivity index (χ1) is 9.61. The fourth-order valence-electron chi connectivity index (χ4n) is 2.55. The summed E-state index contributed by atoms with van der Waals surface area (Å²) in [5, 5.41) is 2.94. The number of fused-ring (bicyclic) bond motifs is 1. The van der Waals surface area contributed by atoms with Gasteiger partial charge in [-0.05, 0) is 49.4 Å². The van der Waals surface area contributed by atoms with Crippen LogP contribution < -0.4 is 5.32 Å². The Hall–Kier alpha value is -2.13. The van der Waals surface area contributed by atoms with Gasteiger partial charge < -0.3 is 5.32 Å². The Bertz CT molecular complexity index is 647. The molecule has 0 fully saturated rings. The zero-order valence-electron chi connectivity index (χ0n) is 11.8. The SMILES string of the molecule is Cc1ccc(NC(=O)c2ccc3c(c2)CN(C)C3)cc1. The molecule has 3 rings (SSSR count). The third kappa shape index (κ3) is 2.58. The minimum atomic E-state index is -0.0498. The summed E-state index contributed by atoms with van der Waals surface area (Å²) in [5.41, 5.74) is 5.31. The molecule has 0 atom stereocenters. The number of amides is 1. The average Bonchev–Trinajstić information content (AvgIpc) is 2.80. The molecule has 0 unspecified atom stereocenters. The van der Waals surface area contributed by atoms with Crippen molar-refractivity contribution in [2.24, 2.45) is 0 Å². The van der Waals surface area contributed by atoms with E-state index in [2.05, 4.69) is 23.3 Å². The van der Waals surface area contributed by atoms with Crippen LogP contribution in [0.2, 0.25) is 0 Å². The average molecular weight is 266 g/mol. The number of rotatable bonds is 2. The predicted octanol–water partition coefficient (Wildman–Crippen LogP) is 3.19. The van der Waals surface area contributed by atoms with E-state index in [0.29, 0.717) is 0 Å². The number of nitrogens with zero attached hydrogens (tertiary/aromatic N) is 1. The molecule has 0 saturated carbocycles. The van der Waals surface area contributed by atoms with Crippen LogP contribution in [0.1, 0.15) is 27.0 Å². The minimum absolute atomic E-state index is 0.0498. The summed E-state index contributed by atoms with van der Waals surface area (Å²) in [6, 6.07) is 13.8. The Morgan fingerprint density at radius 2 is 1.75 bits per heavy atom. The van der Waals surface area contributed by atoms with Gasteiger partial charge in [-0.3, -0.25) is 9.69 Å². The topological polar surface area (TPSA) is 32.3 Å². The molecular formula is C17H18N2O. The predicted molar refractivity (Wildman–Crippen MR) is 80.7 cm³/mol. The zero-order valence-corrected chi connectivity index (χ0v) is 11.8. The van der Waals surface area contributed by atoms with Crippen LogP contribution in [-0.4, -0.2) is 17.9 Å². The Kier molecular flexibility index (Phi) is 3.28. The van der Waals surface area contributed by atoms with Gasteiger partial charge in [0, 0.05) is 24.3 Å². The van der Waals surface area contributed by atoms with Gasteiger partial charge in [-0.1, -0.05) is 23.8 Å². The second-order valence-corrected chi connectivity index (χ2v) is 5.48. The van der Waals surface area contributed by atoms with Gasteiger partial charge in [0.2, 0.25) is 0 Å². The molecule has 0 aromatic heterocycles. The molecule has 0 bridgehead atoms. The highest BCUT2D eigenvalue weighted by atomic mass is 16.1. The normalized spacial score (nSPS) is 14.1. The summed E-state index contributed by atoms with van der Waals surface area (Å²) in [4.78, 5) is 14.5. The molecule has 3 nitrogen and oxygen atoms in total. The Labute approximate surface area is 119 Å². The highest BCUT2D eigenvalue weighted by Gasteiger charge is 2.17. The van der Waals surface area contributed by atoms with Crippen LogP contribution in [-0.2, 0) is 13.1 Å². The molecule has 1 N–H and O–H groups in total. The Balaban J connectivity index is 1.78. The molecule has 0 radical (unpaired) electrons. The highest BCUT2D eigenvalue weighted by molar-refractivity contribution is 6.04. The summed E-state index contributed by atoms with van der Waals surface area (Å²) >= 11 is 0. The lowest BCUT2D eigenvalue weighted by atomic mass is 10.1. The number of hydrogen-bond donors (Lipinski definition) is 1. The maximum atomic E-state index is 12.3. The van der Waals surface area contributed by atoms with E-state index in [0.717, 1.165) is 24.3 Å². The summed E-state index contributed by atoms with van der Waals surface area (Å²) in [6.07, 6.45) is 0. The van der Waals surface area contributed by atoms with Gasteiger partial charge in [-0.2, -0.15) is 0 Å². The van der Waals surface area contributed by atoms with Crippen molar-refractivity contribution in [3.8, 4) is 0 Å². The number of carbonyl (C=O) groups excluding carboxylic acids is 1. The second kappa shape index (κ2) is 5.10. The molecule has 0 spiro atoms. The van der Waals surface area contributed by atoms with E-state index in [4.69, 9.17) is 0 Å². The molecule has 1 amide bonds. The summed E-state index contributed by atoms with van der Waals surface area (Å²) in [7, 11) is 2.09. The fourth-order valence-corrected chi connectivity index (χ4v) is 2.55. The summed E-state index contributed by atoms with van der Waals surface area (Å²) in [5.74, 6) is -0.0498. The number of carbonyl (C=O) groups is 1. The van der Waals surface area contributed by atoms with E-state index in [1.807, 2.05) is 43.3 Å². The van der Waals surface area contributed by atoms with Crippen LogP contribution in [0.5, 0.6) is 0 Å². The van der Waals surface area contributed by atoms with Crippen molar-refractivity contribution in [1.82, 2.24) is 4.90 Å². The van der Waals surface area contributed by atoms with Crippen molar-refractivity contribution < 1.29 is 4.79 Å². The molecule has 1 aliphatic heterocycles. The number of nitrogens with one attached hydrogen (secondary N) is 1. The van der Waals surface area contributed by atoms with Crippen molar-refractivity contribution in [3.05, 3.63) is 64.7 Å². The lowest BCUT2D eigenvalue weighted by molar-refractivity contribution is 0.102. The van der Waals surface area contributed by atoms with E-state index >= 15 is 0 Å². The van der Waals surface area contributed by atoms with E-state index in [1.54, 1.807) is 0 Å². The van der Waals surface area contributed by atoms with Gasteiger partial charge in [0.05, 0.1) is 0 Å². The standard InChI is InChI=1S/C17H18N2O/c1-12-3-7-16(8-4-12)18-17(20)13-5-6-14-10-19(2)11-15(14)9-13/h3-9H,10-11H2,1-2H3,(H,18,20). The first kappa shape index (κ1) is 12.9. The monoisotopic (exact) mass is 266 g/mol.